The molecule has 0 spiro atoms. The van der Waals surface area contributed by atoms with E-state index in [1.54, 1.807) is 24.5 Å². The zero-order valence-electron chi connectivity index (χ0n) is 13.6. The van der Waals surface area contributed by atoms with E-state index in [1.807, 2.05) is 4.57 Å². The van der Waals surface area contributed by atoms with Crippen molar-refractivity contribution in [1.29, 1.82) is 0 Å². The van der Waals surface area contributed by atoms with Crippen molar-refractivity contribution < 1.29 is 15.0 Å². The van der Waals surface area contributed by atoms with Gasteiger partial charge >= 0.3 is 5.97 Å². The molecule has 0 unspecified atom stereocenters. The molecule has 0 bridgehead atoms. The number of carboxylic acids is 1. The summed E-state index contributed by atoms with van der Waals surface area (Å²) < 4.78 is 1.93. The van der Waals surface area contributed by atoms with Crippen LogP contribution in [-0.2, 0) is 6.54 Å². The highest BCUT2D eigenvalue weighted by Crippen LogP contribution is 2.24. The largest absolute Gasteiger partial charge is 0.478 e. The molecule has 8 nitrogen and oxygen atoms in total. The number of aromatic nitrogens is 4. The molecule has 0 aliphatic carbocycles. The van der Waals surface area contributed by atoms with Crippen LogP contribution in [0.15, 0.2) is 36.9 Å². The second kappa shape index (κ2) is 7.71. The molecule has 0 atom stereocenters. The number of hydrogen-bond acceptors (Lipinski definition) is 6. The van der Waals surface area contributed by atoms with Gasteiger partial charge in [-0.15, -0.1) is 0 Å². The summed E-state index contributed by atoms with van der Waals surface area (Å²) in [6.07, 6.45) is 5.76. The standard InChI is InChI=1S/C17H19N5O3/c23-9-5-1-4-8-22-11-20-14-15(18-10-19-16(14)22)21-13-7-3-2-6-12(13)17(24)25/h2-3,6-7,10-11,23H,1,4-5,8-9H2,(H,24,25)(H,18,19,21). The number of hydrogen-bond donors (Lipinski definition) is 3. The maximum atomic E-state index is 11.3. The van der Waals surface area contributed by atoms with E-state index < -0.39 is 5.97 Å². The number of carbonyl (C=O) groups is 1. The lowest BCUT2D eigenvalue weighted by Crippen LogP contribution is -2.04. The van der Waals surface area contributed by atoms with Gasteiger partial charge in [0, 0.05) is 13.2 Å². The minimum absolute atomic E-state index is 0.165. The Morgan fingerprint density at radius 3 is 2.76 bits per heavy atom. The Bertz CT molecular complexity index is 878. The molecule has 0 aliphatic rings. The van der Waals surface area contributed by atoms with Gasteiger partial charge in [0.25, 0.3) is 0 Å². The summed E-state index contributed by atoms with van der Waals surface area (Å²) in [6, 6.07) is 6.64. The first-order valence-electron chi connectivity index (χ1n) is 8.06. The Morgan fingerprint density at radius 2 is 1.96 bits per heavy atom. The number of benzene rings is 1. The Hall–Kier alpha value is -3.00. The smallest absolute Gasteiger partial charge is 0.337 e. The number of para-hydroxylation sites is 1. The van der Waals surface area contributed by atoms with Crippen molar-refractivity contribution in [2.24, 2.45) is 0 Å². The molecule has 0 saturated carbocycles. The quantitative estimate of drug-likeness (QED) is 0.539. The fourth-order valence-electron chi connectivity index (χ4n) is 2.61. The molecule has 8 heteroatoms. The zero-order chi connectivity index (χ0) is 17.6. The van der Waals surface area contributed by atoms with Crippen molar-refractivity contribution in [2.45, 2.75) is 25.8 Å². The number of fused-ring (bicyclic) bond motifs is 1. The van der Waals surface area contributed by atoms with Crippen molar-refractivity contribution in [2.75, 3.05) is 11.9 Å². The van der Waals surface area contributed by atoms with Crippen molar-refractivity contribution in [3.63, 3.8) is 0 Å². The van der Waals surface area contributed by atoms with E-state index in [2.05, 4.69) is 20.3 Å². The number of aromatic carboxylic acids is 1. The summed E-state index contributed by atoms with van der Waals surface area (Å²) in [5.41, 5.74) is 1.89. The molecule has 3 N–H and O–H groups in total. The monoisotopic (exact) mass is 341 g/mol. The van der Waals surface area contributed by atoms with Gasteiger partial charge < -0.3 is 20.1 Å². The maximum absolute atomic E-state index is 11.3. The number of imidazole rings is 1. The van der Waals surface area contributed by atoms with E-state index in [0.717, 1.165) is 25.8 Å². The molecule has 2 aromatic heterocycles. The van der Waals surface area contributed by atoms with Gasteiger partial charge in [-0.2, -0.15) is 0 Å². The topological polar surface area (TPSA) is 113 Å². The molecule has 3 rings (SSSR count). The van der Waals surface area contributed by atoms with Gasteiger partial charge in [-0.05, 0) is 31.4 Å². The lowest BCUT2D eigenvalue weighted by molar-refractivity contribution is 0.0698. The highest BCUT2D eigenvalue weighted by molar-refractivity contribution is 5.96. The molecule has 0 fully saturated rings. The SMILES string of the molecule is O=C(O)c1ccccc1Nc1ncnc2c1ncn2CCCCCO. The van der Waals surface area contributed by atoms with Crippen LogP contribution in [0.3, 0.4) is 0 Å². The van der Waals surface area contributed by atoms with E-state index in [-0.39, 0.29) is 12.2 Å². The second-order valence-electron chi connectivity index (χ2n) is 5.59. The van der Waals surface area contributed by atoms with Gasteiger partial charge in [-0.1, -0.05) is 12.1 Å². The summed E-state index contributed by atoms with van der Waals surface area (Å²) in [7, 11) is 0. The Kier molecular flexibility index (Phi) is 5.20. The molecular formula is C17H19N5O3. The minimum atomic E-state index is -1.01. The normalized spacial score (nSPS) is 10.9. The van der Waals surface area contributed by atoms with Crippen LogP contribution in [0, 0.1) is 0 Å². The molecule has 0 amide bonds. The van der Waals surface area contributed by atoms with Crippen LogP contribution in [-0.4, -0.2) is 42.3 Å². The van der Waals surface area contributed by atoms with E-state index in [0.29, 0.717) is 22.7 Å². The molecule has 25 heavy (non-hydrogen) atoms. The summed E-state index contributed by atoms with van der Waals surface area (Å²) in [5, 5.41) is 21.2. The summed E-state index contributed by atoms with van der Waals surface area (Å²) in [6.45, 7) is 0.947. The third-order valence-corrected chi connectivity index (χ3v) is 3.87. The zero-order valence-corrected chi connectivity index (χ0v) is 13.6. The van der Waals surface area contributed by atoms with Gasteiger partial charge in [0.05, 0.1) is 17.6 Å². The van der Waals surface area contributed by atoms with Gasteiger partial charge in [0.1, 0.15) is 6.33 Å². The van der Waals surface area contributed by atoms with Gasteiger partial charge in [-0.25, -0.2) is 19.7 Å². The molecule has 130 valence electrons. The number of rotatable bonds is 8. The van der Waals surface area contributed by atoms with E-state index in [4.69, 9.17) is 5.11 Å². The first kappa shape index (κ1) is 16.8. The fraction of sp³-hybridized carbons (Fsp3) is 0.294. The van der Waals surface area contributed by atoms with Crippen LogP contribution in [0.4, 0.5) is 11.5 Å². The minimum Gasteiger partial charge on any atom is -0.478 e. The number of nitrogens with zero attached hydrogens (tertiary/aromatic N) is 4. The first-order chi connectivity index (χ1) is 12.2. The number of aliphatic hydroxyl groups is 1. The number of nitrogens with one attached hydrogen (secondary N) is 1. The Balaban J connectivity index is 1.86. The van der Waals surface area contributed by atoms with Gasteiger partial charge in [0.2, 0.25) is 0 Å². The van der Waals surface area contributed by atoms with E-state index in [1.165, 1.54) is 12.4 Å². The number of anilines is 2. The molecule has 1 aromatic carbocycles. The third-order valence-electron chi connectivity index (χ3n) is 3.87. The summed E-state index contributed by atoms with van der Waals surface area (Å²) in [4.78, 5) is 24.2. The number of aliphatic hydroxyl groups excluding tert-OH is 1. The highest BCUT2D eigenvalue weighted by atomic mass is 16.4. The summed E-state index contributed by atoms with van der Waals surface area (Å²) in [5.74, 6) is -0.546. The van der Waals surface area contributed by atoms with Crippen LogP contribution < -0.4 is 5.32 Å². The molecule has 3 aromatic rings. The van der Waals surface area contributed by atoms with Crippen LogP contribution in [0.5, 0.6) is 0 Å². The van der Waals surface area contributed by atoms with Crippen LogP contribution in [0.25, 0.3) is 11.2 Å². The molecule has 0 radical (unpaired) electrons. The molecule has 2 heterocycles. The van der Waals surface area contributed by atoms with Gasteiger partial charge in [-0.3, -0.25) is 0 Å². The average molecular weight is 341 g/mol. The number of carboxylic acid groups (broad SMARTS) is 1. The second-order valence-corrected chi connectivity index (χ2v) is 5.59. The molecule has 0 saturated heterocycles. The molecular weight excluding hydrogens is 322 g/mol. The van der Waals surface area contributed by atoms with Crippen LogP contribution in [0.2, 0.25) is 0 Å². The Labute approximate surface area is 144 Å². The lowest BCUT2D eigenvalue weighted by Gasteiger charge is -2.09. The third kappa shape index (κ3) is 3.74. The summed E-state index contributed by atoms with van der Waals surface area (Å²) >= 11 is 0. The van der Waals surface area contributed by atoms with E-state index in [9.17, 15) is 9.90 Å². The number of aryl methyl sites for hydroxylation is 1. The van der Waals surface area contributed by atoms with E-state index >= 15 is 0 Å². The van der Waals surface area contributed by atoms with Crippen LogP contribution >= 0.6 is 0 Å². The average Bonchev–Trinajstić information content (AvgIpc) is 3.03. The van der Waals surface area contributed by atoms with Crippen molar-refractivity contribution in [3.05, 3.63) is 42.5 Å². The van der Waals surface area contributed by atoms with Crippen molar-refractivity contribution in [3.8, 4) is 0 Å². The highest BCUT2D eigenvalue weighted by Gasteiger charge is 2.14. The predicted octanol–water partition coefficient (Wildman–Crippen LogP) is 2.43. The number of unbranched alkanes of at least 4 members (excludes halogenated alkanes) is 2. The lowest BCUT2D eigenvalue weighted by atomic mass is 10.2. The van der Waals surface area contributed by atoms with Crippen molar-refractivity contribution >= 4 is 28.6 Å². The first-order valence-corrected chi connectivity index (χ1v) is 8.06. The van der Waals surface area contributed by atoms with Crippen LogP contribution in [0.1, 0.15) is 29.6 Å². The molecule has 0 aliphatic heterocycles. The maximum Gasteiger partial charge on any atom is 0.337 e. The van der Waals surface area contributed by atoms with Crippen molar-refractivity contribution in [1.82, 2.24) is 19.5 Å². The predicted molar refractivity (Wildman–Crippen MR) is 92.9 cm³/mol. The Morgan fingerprint density at radius 1 is 1.12 bits per heavy atom. The fourth-order valence-corrected chi connectivity index (χ4v) is 2.61. The van der Waals surface area contributed by atoms with Gasteiger partial charge in [0.15, 0.2) is 17.0 Å².